The standard InChI is InChI=1S/C53H37N3O/c1-2-10-34(11-3-1)37-18-20-39(21-19-37)45-32-47(50-46-16-8-9-17-48(46)57-49(50)33-45)53-55-51(54-52(56-53)44-29-25-36-13-5-7-15-42(36)31-44)40-26-22-38(23-27-40)43-28-24-35-12-4-6-14-41(35)30-43/h1-33,52-53,56H,(H,54,55). The highest BCUT2D eigenvalue weighted by molar-refractivity contribution is 6.08. The van der Waals surface area contributed by atoms with Crippen LogP contribution in [0, 0.1) is 0 Å². The molecule has 0 saturated heterocycles. The van der Waals surface area contributed by atoms with Gasteiger partial charge in [-0.1, -0.05) is 170 Å². The van der Waals surface area contributed by atoms with Crippen LogP contribution in [0.25, 0.3) is 76.9 Å². The summed E-state index contributed by atoms with van der Waals surface area (Å²) in [6.45, 7) is 0. The van der Waals surface area contributed by atoms with Crippen molar-refractivity contribution < 1.29 is 4.42 Å². The van der Waals surface area contributed by atoms with E-state index in [1.165, 1.54) is 43.8 Å². The summed E-state index contributed by atoms with van der Waals surface area (Å²) in [4.78, 5) is 5.48. The predicted molar refractivity (Wildman–Crippen MR) is 236 cm³/mol. The molecule has 0 saturated carbocycles. The second kappa shape index (κ2) is 13.8. The molecule has 0 aliphatic carbocycles. The molecule has 0 amide bonds. The molecule has 2 N–H and O–H groups in total. The van der Waals surface area contributed by atoms with Crippen molar-refractivity contribution in [2.24, 2.45) is 4.99 Å². The van der Waals surface area contributed by atoms with Crippen molar-refractivity contribution in [2.45, 2.75) is 12.3 Å². The topological polar surface area (TPSA) is 49.6 Å². The molecule has 1 aromatic heterocycles. The van der Waals surface area contributed by atoms with Crippen LogP contribution in [0.1, 0.15) is 29.0 Å². The van der Waals surface area contributed by atoms with Crippen molar-refractivity contribution in [1.29, 1.82) is 0 Å². The van der Waals surface area contributed by atoms with Crippen molar-refractivity contribution in [3.63, 3.8) is 0 Å². The first-order chi connectivity index (χ1) is 28.2. The van der Waals surface area contributed by atoms with E-state index in [0.29, 0.717) is 0 Å². The highest BCUT2D eigenvalue weighted by atomic mass is 16.3. The largest absolute Gasteiger partial charge is 0.456 e. The molecular weight excluding hydrogens is 695 g/mol. The first-order valence-electron chi connectivity index (χ1n) is 19.5. The number of benzene rings is 9. The van der Waals surface area contributed by atoms with Gasteiger partial charge in [-0.05, 0) is 90.8 Å². The van der Waals surface area contributed by atoms with E-state index in [1.54, 1.807) is 0 Å². The minimum Gasteiger partial charge on any atom is -0.456 e. The first-order valence-corrected chi connectivity index (χ1v) is 19.5. The molecule has 10 aromatic rings. The van der Waals surface area contributed by atoms with E-state index in [1.807, 2.05) is 12.1 Å². The number of furan rings is 1. The average molecular weight is 732 g/mol. The van der Waals surface area contributed by atoms with Crippen LogP contribution in [-0.4, -0.2) is 5.84 Å². The molecule has 2 heterocycles. The molecule has 9 aromatic carbocycles. The molecule has 4 nitrogen and oxygen atoms in total. The van der Waals surface area contributed by atoms with E-state index in [9.17, 15) is 0 Å². The molecule has 0 fully saturated rings. The SMILES string of the molecule is c1ccc(-c2ccc(-c3cc(C4N=C(c5ccc(-c6ccc7ccccc7c6)cc5)NC(c5ccc6ccccc6c5)N4)c4c(c3)oc3ccccc34)cc2)cc1. The van der Waals surface area contributed by atoms with Crippen LogP contribution in [0.15, 0.2) is 210 Å². The van der Waals surface area contributed by atoms with Gasteiger partial charge in [0, 0.05) is 21.9 Å². The van der Waals surface area contributed by atoms with E-state index in [0.717, 1.165) is 55.6 Å². The van der Waals surface area contributed by atoms with E-state index in [2.05, 4.69) is 199 Å². The zero-order valence-corrected chi connectivity index (χ0v) is 31.1. The molecule has 0 radical (unpaired) electrons. The second-order valence-corrected chi connectivity index (χ2v) is 14.9. The number of hydrogen-bond acceptors (Lipinski definition) is 4. The van der Waals surface area contributed by atoms with Gasteiger partial charge in [-0.2, -0.15) is 0 Å². The fourth-order valence-corrected chi connectivity index (χ4v) is 8.37. The molecule has 0 bridgehead atoms. The lowest BCUT2D eigenvalue weighted by molar-refractivity contribution is 0.411. The second-order valence-electron chi connectivity index (χ2n) is 14.9. The fraction of sp³-hybridized carbons (Fsp3) is 0.0377. The maximum absolute atomic E-state index is 6.60. The lowest BCUT2D eigenvalue weighted by Crippen LogP contribution is -2.45. The lowest BCUT2D eigenvalue weighted by Gasteiger charge is -2.33. The van der Waals surface area contributed by atoms with E-state index in [-0.39, 0.29) is 12.3 Å². The van der Waals surface area contributed by atoms with Crippen LogP contribution in [0.5, 0.6) is 0 Å². The Labute approximate surface area is 330 Å². The van der Waals surface area contributed by atoms with Crippen molar-refractivity contribution in [2.75, 3.05) is 0 Å². The van der Waals surface area contributed by atoms with Crippen molar-refractivity contribution >= 4 is 49.3 Å². The smallest absolute Gasteiger partial charge is 0.136 e. The number of nitrogens with zero attached hydrogens (tertiary/aromatic N) is 1. The third kappa shape index (κ3) is 6.13. The van der Waals surface area contributed by atoms with E-state index < -0.39 is 0 Å². The number of aliphatic imine (C=N–C) groups is 1. The Hall–Kier alpha value is -7.27. The Morgan fingerprint density at radius 3 is 1.72 bits per heavy atom. The number of fused-ring (bicyclic) bond motifs is 5. The molecular formula is C53H37N3O. The highest BCUT2D eigenvalue weighted by Gasteiger charge is 2.29. The minimum absolute atomic E-state index is 0.214. The van der Waals surface area contributed by atoms with Gasteiger partial charge in [-0.25, -0.2) is 4.99 Å². The zero-order chi connectivity index (χ0) is 37.7. The van der Waals surface area contributed by atoms with Crippen LogP contribution >= 0.6 is 0 Å². The predicted octanol–water partition coefficient (Wildman–Crippen LogP) is 13.2. The summed E-state index contributed by atoms with van der Waals surface area (Å²) in [5.41, 5.74) is 11.9. The molecule has 57 heavy (non-hydrogen) atoms. The number of amidine groups is 1. The van der Waals surface area contributed by atoms with Crippen LogP contribution in [0.3, 0.4) is 0 Å². The van der Waals surface area contributed by atoms with Gasteiger partial charge >= 0.3 is 0 Å². The van der Waals surface area contributed by atoms with Gasteiger partial charge < -0.3 is 9.73 Å². The Morgan fingerprint density at radius 2 is 0.965 bits per heavy atom. The summed E-state index contributed by atoms with van der Waals surface area (Å²) in [5.74, 6) is 0.834. The molecule has 11 rings (SSSR count). The molecule has 270 valence electrons. The van der Waals surface area contributed by atoms with Crippen molar-refractivity contribution in [3.05, 3.63) is 217 Å². The van der Waals surface area contributed by atoms with Gasteiger partial charge in [0.1, 0.15) is 29.3 Å². The number of hydrogen-bond donors (Lipinski definition) is 2. The number of nitrogens with one attached hydrogen (secondary N) is 2. The number of para-hydroxylation sites is 1. The van der Waals surface area contributed by atoms with Gasteiger partial charge in [0.25, 0.3) is 0 Å². The summed E-state index contributed by atoms with van der Waals surface area (Å²) < 4.78 is 6.60. The van der Waals surface area contributed by atoms with Gasteiger partial charge in [0.05, 0.1) is 0 Å². The summed E-state index contributed by atoms with van der Waals surface area (Å²) in [5, 5.41) is 14.7. The Kier molecular flexibility index (Phi) is 8.01. The summed E-state index contributed by atoms with van der Waals surface area (Å²) in [6.07, 6.45) is -0.598. The quantitative estimate of drug-likeness (QED) is 0.179. The lowest BCUT2D eigenvalue weighted by atomic mass is 9.95. The molecule has 2 unspecified atom stereocenters. The zero-order valence-electron chi connectivity index (χ0n) is 31.1. The first kappa shape index (κ1) is 33.1. The summed E-state index contributed by atoms with van der Waals surface area (Å²) in [6, 6.07) is 71.2. The third-order valence-corrected chi connectivity index (χ3v) is 11.3. The summed E-state index contributed by atoms with van der Waals surface area (Å²) in [7, 11) is 0. The monoisotopic (exact) mass is 731 g/mol. The molecule has 1 aliphatic rings. The van der Waals surface area contributed by atoms with Gasteiger partial charge in [-0.3, -0.25) is 5.32 Å². The van der Waals surface area contributed by atoms with Gasteiger partial charge in [-0.15, -0.1) is 0 Å². The third-order valence-electron chi connectivity index (χ3n) is 11.3. The summed E-state index contributed by atoms with van der Waals surface area (Å²) >= 11 is 0. The van der Waals surface area contributed by atoms with Crippen molar-refractivity contribution in [1.82, 2.24) is 10.6 Å². The number of rotatable bonds is 6. The molecule has 4 heteroatoms. The van der Waals surface area contributed by atoms with Gasteiger partial charge in [0.15, 0.2) is 0 Å². The minimum atomic E-state index is -0.384. The van der Waals surface area contributed by atoms with E-state index >= 15 is 0 Å². The average Bonchev–Trinajstić information content (AvgIpc) is 3.67. The Balaban J connectivity index is 1.04. The molecule has 0 spiro atoms. The maximum Gasteiger partial charge on any atom is 0.136 e. The Morgan fingerprint density at radius 1 is 0.404 bits per heavy atom. The van der Waals surface area contributed by atoms with Crippen LogP contribution < -0.4 is 10.6 Å². The Bertz CT molecular complexity index is 3130. The normalized spacial score (nSPS) is 15.5. The molecule has 2 atom stereocenters. The van der Waals surface area contributed by atoms with Crippen LogP contribution in [0.4, 0.5) is 0 Å². The molecule has 1 aliphatic heterocycles. The van der Waals surface area contributed by atoms with Crippen LogP contribution in [-0.2, 0) is 0 Å². The fourth-order valence-electron chi connectivity index (χ4n) is 8.37. The van der Waals surface area contributed by atoms with Crippen molar-refractivity contribution in [3.8, 4) is 33.4 Å². The highest BCUT2D eigenvalue weighted by Crippen LogP contribution is 2.40. The maximum atomic E-state index is 6.60. The van der Waals surface area contributed by atoms with Crippen LogP contribution in [0.2, 0.25) is 0 Å². The van der Waals surface area contributed by atoms with E-state index in [4.69, 9.17) is 9.41 Å². The van der Waals surface area contributed by atoms with Gasteiger partial charge in [0.2, 0.25) is 0 Å².